The zero-order valence-electron chi connectivity index (χ0n) is 20.6. The first kappa shape index (κ1) is 27.8. The number of rotatable bonds is 7. The highest BCUT2D eigenvalue weighted by Gasteiger charge is 2.44. The molecule has 16 heteroatoms. The molecule has 2 aliphatic heterocycles. The molecule has 1 aromatic carbocycles. The molecule has 1 saturated heterocycles. The number of piperidine rings is 1. The molecule has 5 rings (SSSR count). The summed E-state index contributed by atoms with van der Waals surface area (Å²) in [7, 11) is 0. The van der Waals surface area contributed by atoms with Crippen LogP contribution < -0.4 is 10.6 Å². The number of nitrogens with one attached hydrogen (secondary N) is 2. The highest BCUT2D eigenvalue weighted by Crippen LogP contribution is 2.40. The van der Waals surface area contributed by atoms with Gasteiger partial charge in [-0.15, -0.1) is 5.10 Å². The van der Waals surface area contributed by atoms with Crippen LogP contribution in [0.1, 0.15) is 70.8 Å². The quantitative estimate of drug-likeness (QED) is 0.420. The highest BCUT2D eigenvalue weighted by atomic mass is 19.4. The van der Waals surface area contributed by atoms with Crippen LogP contribution in [0.25, 0.3) is 0 Å². The van der Waals surface area contributed by atoms with E-state index < -0.39 is 41.8 Å². The predicted molar refractivity (Wildman–Crippen MR) is 123 cm³/mol. The van der Waals surface area contributed by atoms with Gasteiger partial charge in [0.1, 0.15) is 6.04 Å². The van der Waals surface area contributed by atoms with E-state index in [9.17, 15) is 32.3 Å². The Morgan fingerprint density at radius 3 is 2.41 bits per heavy atom. The highest BCUT2D eigenvalue weighted by molar-refractivity contribution is 6.23. The van der Waals surface area contributed by atoms with Crippen LogP contribution in [0.5, 0.6) is 0 Å². The molecule has 3 N–H and O–H groups in total. The number of aromatic nitrogens is 4. The molecule has 3 aliphatic rings. The zero-order valence-corrected chi connectivity index (χ0v) is 20.6. The lowest BCUT2D eigenvalue weighted by atomic mass is 10.0. The molecule has 3 heterocycles. The molecule has 2 aromatic rings. The summed E-state index contributed by atoms with van der Waals surface area (Å²) in [5, 5.41) is 24.8. The van der Waals surface area contributed by atoms with Crippen molar-refractivity contribution >= 4 is 29.6 Å². The molecule has 4 amide bonds. The third kappa shape index (κ3) is 5.94. The molecule has 208 valence electrons. The van der Waals surface area contributed by atoms with Crippen molar-refractivity contribution in [3.8, 4) is 0 Å². The second-order valence-corrected chi connectivity index (χ2v) is 9.18. The van der Waals surface area contributed by atoms with E-state index in [4.69, 9.17) is 9.90 Å². The van der Waals surface area contributed by atoms with Crippen molar-refractivity contribution in [2.45, 2.75) is 64.0 Å². The van der Waals surface area contributed by atoms with Gasteiger partial charge in [-0.25, -0.2) is 9.48 Å². The van der Waals surface area contributed by atoms with Gasteiger partial charge in [0.15, 0.2) is 5.82 Å². The molecule has 1 aromatic heterocycles. The molecule has 0 spiro atoms. The summed E-state index contributed by atoms with van der Waals surface area (Å²) >= 11 is 0. The molecule has 2 atom stereocenters. The lowest BCUT2D eigenvalue weighted by Gasteiger charge is -2.27. The summed E-state index contributed by atoms with van der Waals surface area (Å²) in [5.74, 6) is -3.51. The standard InChI is InChI=1S/C21H23N7O4.C2HF3O2/c1-2-27-18(24-25-26-27)17(12-4-5-12)22-10-11-3-6-13-14(9-11)21(32)28(20(13)31)15-7-8-16(29)23-19(15)30;3-2(4,5)1(6)7/h3,6,9,12,15,17,22H,2,4-5,7-8,10H2,1H3,(H,23,29,30);(H,6,7). The van der Waals surface area contributed by atoms with Crippen molar-refractivity contribution in [3.63, 3.8) is 0 Å². The smallest absolute Gasteiger partial charge is 0.475 e. The van der Waals surface area contributed by atoms with Crippen LogP contribution in [-0.4, -0.2) is 72.0 Å². The van der Waals surface area contributed by atoms with Crippen LogP contribution in [0, 0.1) is 5.92 Å². The fourth-order valence-electron chi connectivity index (χ4n) is 4.41. The first-order valence-electron chi connectivity index (χ1n) is 12.1. The van der Waals surface area contributed by atoms with E-state index in [-0.39, 0.29) is 30.0 Å². The third-order valence-corrected chi connectivity index (χ3v) is 6.50. The Bertz CT molecular complexity index is 1320. The zero-order chi connectivity index (χ0) is 28.5. The lowest BCUT2D eigenvalue weighted by molar-refractivity contribution is -0.192. The van der Waals surface area contributed by atoms with Gasteiger partial charge in [0.05, 0.1) is 17.2 Å². The van der Waals surface area contributed by atoms with Gasteiger partial charge in [-0.2, -0.15) is 13.2 Å². The van der Waals surface area contributed by atoms with Crippen molar-refractivity contribution < 1.29 is 42.3 Å². The first-order chi connectivity index (χ1) is 18.4. The monoisotopic (exact) mass is 551 g/mol. The molecule has 1 saturated carbocycles. The van der Waals surface area contributed by atoms with Gasteiger partial charge < -0.3 is 10.4 Å². The molecule has 2 unspecified atom stereocenters. The van der Waals surface area contributed by atoms with Crippen LogP contribution in [0.4, 0.5) is 13.2 Å². The number of aryl methyl sites for hydroxylation is 1. The maximum Gasteiger partial charge on any atom is 0.490 e. The molecule has 39 heavy (non-hydrogen) atoms. The number of fused-ring (bicyclic) bond motifs is 1. The molecular weight excluding hydrogens is 527 g/mol. The van der Waals surface area contributed by atoms with E-state index in [0.717, 1.165) is 29.1 Å². The number of hydrogen-bond acceptors (Lipinski definition) is 9. The number of nitrogens with zero attached hydrogens (tertiary/aromatic N) is 5. The summed E-state index contributed by atoms with van der Waals surface area (Å²) in [6, 6.07) is 4.17. The van der Waals surface area contributed by atoms with Gasteiger partial charge in [0.2, 0.25) is 11.8 Å². The summed E-state index contributed by atoms with van der Waals surface area (Å²) in [5.41, 5.74) is 1.40. The number of halogens is 3. The Kier molecular flexibility index (Phi) is 7.76. The third-order valence-electron chi connectivity index (χ3n) is 6.50. The summed E-state index contributed by atoms with van der Waals surface area (Å²) in [4.78, 5) is 59.3. The minimum absolute atomic E-state index is 0.00973. The second-order valence-electron chi connectivity index (χ2n) is 9.18. The number of carbonyl (C=O) groups excluding carboxylic acids is 4. The number of benzene rings is 1. The van der Waals surface area contributed by atoms with E-state index >= 15 is 0 Å². The van der Waals surface area contributed by atoms with Gasteiger partial charge in [0.25, 0.3) is 11.8 Å². The van der Waals surface area contributed by atoms with Gasteiger partial charge >= 0.3 is 12.1 Å². The van der Waals surface area contributed by atoms with Gasteiger partial charge in [-0.1, -0.05) is 6.07 Å². The van der Waals surface area contributed by atoms with Gasteiger partial charge in [0, 0.05) is 19.5 Å². The summed E-state index contributed by atoms with van der Waals surface area (Å²) in [6.07, 6.45) is -2.64. The maximum absolute atomic E-state index is 13.0. The number of carboxylic acid groups (broad SMARTS) is 1. The Labute approximate surface area is 218 Å². The first-order valence-corrected chi connectivity index (χ1v) is 12.1. The number of carbonyl (C=O) groups is 5. The Balaban J connectivity index is 0.000000448. The van der Waals surface area contributed by atoms with Crippen molar-refractivity contribution in [1.82, 2.24) is 35.7 Å². The van der Waals surface area contributed by atoms with E-state index in [1.54, 1.807) is 22.9 Å². The summed E-state index contributed by atoms with van der Waals surface area (Å²) < 4.78 is 33.5. The summed E-state index contributed by atoms with van der Waals surface area (Å²) in [6.45, 7) is 3.14. The molecular formula is C23H24F3N7O6. The van der Waals surface area contributed by atoms with Crippen LogP contribution in [-0.2, 0) is 27.5 Å². The van der Waals surface area contributed by atoms with Crippen LogP contribution in [0.3, 0.4) is 0 Å². The van der Waals surface area contributed by atoms with Crippen molar-refractivity contribution in [3.05, 3.63) is 40.7 Å². The van der Waals surface area contributed by atoms with Crippen molar-refractivity contribution in [2.75, 3.05) is 0 Å². The number of alkyl halides is 3. The number of amides is 4. The van der Waals surface area contributed by atoms with Crippen LogP contribution in [0.15, 0.2) is 18.2 Å². The van der Waals surface area contributed by atoms with E-state index in [1.807, 2.05) is 6.92 Å². The number of hydrogen-bond donors (Lipinski definition) is 3. The minimum Gasteiger partial charge on any atom is -0.475 e. The largest absolute Gasteiger partial charge is 0.490 e. The average molecular weight is 551 g/mol. The number of aliphatic carboxylic acids is 1. The fourth-order valence-corrected chi connectivity index (χ4v) is 4.41. The lowest BCUT2D eigenvalue weighted by Crippen LogP contribution is -2.54. The SMILES string of the molecule is CCn1nnnc1C(NCc1ccc2c(c1)C(=O)N(C1CCC(=O)NC1=O)C2=O)C1CC1.O=C(O)C(F)(F)F. The van der Waals surface area contributed by atoms with Crippen LogP contribution in [0.2, 0.25) is 0 Å². The molecule has 0 radical (unpaired) electrons. The maximum atomic E-state index is 13.0. The topological polar surface area (TPSA) is 176 Å². The molecule has 13 nitrogen and oxygen atoms in total. The number of imide groups is 2. The Morgan fingerprint density at radius 2 is 1.82 bits per heavy atom. The van der Waals surface area contributed by atoms with Gasteiger partial charge in [-0.05, 0) is 60.2 Å². The van der Waals surface area contributed by atoms with Crippen LogP contribution >= 0.6 is 0 Å². The second kappa shape index (κ2) is 10.9. The van der Waals surface area contributed by atoms with E-state index in [0.29, 0.717) is 19.0 Å². The number of tetrazole rings is 1. The fraction of sp³-hybridized carbons (Fsp3) is 0.478. The normalized spacial score (nSPS) is 19.8. The number of carboxylic acids is 1. The predicted octanol–water partition coefficient (Wildman–Crippen LogP) is 0.968. The van der Waals surface area contributed by atoms with E-state index in [2.05, 4.69) is 26.2 Å². The molecule has 0 bridgehead atoms. The molecule has 1 aliphatic carbocycles. The van der Waals surface area contributed by atoms with Crippen molar-refractivity contribution in [2.24, 2.45) is 5.92 Å². The van der Waals surface area contributed by atoms with Gasteiger partial charge in [-0.3, -0.25) is 29.4 Å². The Hall–Kier alpha value is -4.21. The average Bonchev–Trinajstić information content (AvgIpc) is 3.55. The van der Waals surface area contributed by atoms with Crippen molar-refractivity contribution in [1.29, 1.82) is 0 Å². The van der Waals surface area contributed by atoms with E-state index in [1.165, 1.54) is 0 Å². The Morgan fingerprint density at radius 1 is 1.15 bits per heavy atom. The minimum atomic E-state index is -5.08. The molecule has 2 fully saturated rings.